The lowest BCUT2D eigenvalue weighted by Gasteiger charge is -2.31. The second-order valence-electron chi connectivity index (χ2n) is 8.72. The molecule has 1 saturated heterocycles. The highest BCUT2D eigenvalue weighted by molar-refractivity contribution is 7.89. The molecule has 1 aliphatic heterocycles. The number of aromatic amines is 1. The quantitative estimate of drug-likeness (QED) is 0.458. The SMILES string of the molecule is CC(=O)NC(Cc1c[nH]c2ccccc12)C(=O)NCC1CCN(S(=O)(=O)c2ccccc2)CC1. The molecule has 0 saturated carbocycles. The molecule has 180 valence electrons. The van der Waals surface area contributed by atoms with E-state index in [1.165, 1.54) is 11.2 Å². The average molecular weight is 483 g/mol. The van der Waals surface area contributed by atoms with Crippen molar-refractivity contribution in [3.63, 3.8) is 0 Å². The summed E-state index contributed by atoms with van der Waals surface area (Å²) in [4.78, 5) is 28.2. The topological polar surface area (TPSA) is 111 Å². The van der Waals surface area contributed by atoms with Gasteiger partial charge in [-0.3, -0.25) is 9.59 Å². The van der Waals surface area contributed by atoms with Crippen molar-refractivity contribution in [1.82, 2.24) is 19.9 Å². The first-order valence-corrected chi connectivity index (χ1v) is 12.9. The summed E-state index contributed by atoms with van der Waals surface area (Å²) in [5, 5.41) is 6.76. The molecule has 1 aromatic heterocycles. The highest BCUT2D eigenvalue weighted by Gasteiger charge is 2.30. The molecule has 0 radical (unpaired) electrons. The third-order valence-corrected chi connectivity index (χ3v) is 8.23. The highest BCUT2D eigenvalue weighted by atomic mass is 32.2. The average Bonchev–Trinajstić information content (AvgIpc) is 3.25. The summed E-state index contributed by atoms with van der Waals surface area (Å²) in [6.07, 6.45) is 3.58. The molecule has 0 spiro atoms. The fourth-order valence-corrected chi connectivity index (χ4v) is 5.93. The zero-order chi connectivity index (χ0) is 24.1. The van der Waals surface area contributed by atoms with Gasteiger partial charge in [-0.05, 0) is 42.5 Å². The normalized spacial score (nSPS) is 16.3. The standard InChI is InChI=1S/C25H30N4O4S/c1-18(30)28-24(15-20-17-26-23-10-6-5-9-22(20)23)25(31)27-16-19-11-13-29(14-12-19)34(32,33)21-7-3-2-4-8-21/h2-10,17,19,24,26H,11-16H2,1H3,(H,27,31)(H,28,30). The van der Waals surface area contributed by atoms with Gasteiger partial charge in [-0.1, -0.05) is 36.4 Å². The summed E-state index contributed by atoms with van der Waals surface area (Å²) in [6, 6.07) is 15.6. The number of sulfonamides is 1. The predicted molar refractivity (Wildman–Crippen MR) is 131 cm³/mol. The van der Waals surface area contributed by atoms with Crippen molar-refractivity contribution in [2.75, 3.05) is 19.6 Å². The van der Waals surface area contributed by atoms with E-state index in [2.05, 4.69) is 15.6 Å². The van der Waals surface area contributed by atoms with Gasteiger partial charge >= 0.3 is 0 Å². The van der Waals surface area contributed by atoms with Crippen LogP contribution < -0.4 is 10.6 Å². The van der Waals surface area contributed by atoms with E-state index in [4.69, 9.17) is 0 Å². The summed E-state index contributed by atoms with van der Waals surface area (Å²) >= 11 is 0. The molecule has 34 heavy (non-hydrogen) atoms. The second kappa shape index (κ2) is 10.4. The zero-order valence-electron chi connectivity index (χ0n) is 19.2. The van der Waals surface area contributed by atoms with Crippen LogP contribution in [0.2, 0.25) is 0 Å². The number of benzene rings is 2. The van der Waals surface area contributed by atoms with Gasteiger partial charge in [-0.2, -0.15) is 4.31 Å². The molecule has 3 aromatic rings. The largest absolute Gasteiger partial charge is 0.361 e. The first-order chi connectivity index (χ1) is 16.3. The molecule has 1 aliphatic rings. The van der Waals surface area contributed by atoms with E-state index in [1.807, 2.05) is 30.5 Å². The molecular formula is C25H30N4O4S. The summed E-state index contributed by atoms with van der Waals surface area (Å²) in [7, 11) is -3.50. The summed E-state index contributed by atoms with van der Waals surface area (Å²) in [5.41, 5.74) is 1.95. The van der Waals surface area contributed by atoms with Gasteiger partial charge in [0.15, 0.2) is 0 Å². The van der Waals surface area contributed by atoms with Crippen LogP contribution in [0.15, 0.2) is 65.7 Å². The van der Waals surface area contributed by atoms with Gasteiger partial charge < -0.3 is 15.6 Å². The molecule has 2 amide bonds. The lowest BCUT2D eigenvalue weighted by atomic mass is 9.97. The third kappa shape index (κ3) is 5.48. The minimum atomic E-state index is -3.50. The van der Waals surface area contributed by atoms with Crippen LogP contribution in [0.4, 0.5) is 0 Å². The van der Waals surface area contributed by atoms with Gasteiger partial charge in [0, 0.05) is 50.1 Å². The van der Waals surface area contributed by atoms with E-state index >= 15 is 0 Å². The Morgan fingerprint density at radius 1 is 1.06 bits per heavy atom. The van der Waals surface area contributed by atoms with E-state index in [9.17, 15) is 18.0 Å². The minimum Gasteiger partial charge on any atom is -0.361 e. The van der Waals surface area contributed by atoms with Crippen LogP contribution in [0, 0.1) is 5.92 Å². The van der Waals surface area contributed by atoms with Gasteiger partial charge in [0.05, 0.1) is 4.90 Å². The number of aromatic nitrogens is 1. The Kier molecular flexibility index (Phi) is 7.33. The van der Waals surface area contributed by atoms with Crippen molar-refractivity contribution < 1.29 is 18.0 Å². The Bertz CT molecular complexity index is 1250. The van der Waals surface area contributed by atoms with Crippen LogP contribution in [0.3, 0.4) is 0 Å². The fraction of sp³-hybridized carbons (Fsp3) is 0.360. The van der Waals surface area contributed by atoms with Crippen molar-refractivity contribution >= 4 is 32.7 Å². The smallest absolute Gasteiger partial charge is 0.243 e. The maximum atomic E-state index is 12.9. The van der Waals surface area contributed by atoms with Crippen LogP contribution in [0.5, 0.6) is 0 Å². The number of hydrogen-bond donors (Lipinski definition) is 3. The Morgan fingerprint density at radius 2 is 1.74 bits per heavy atom. The summed E-state index contributed by atoms with van der Waals surface area (Å²) in [5.74, 6) is -0.323. The van der Waals surface area contributed by atoms with Crippen LogP contribution in [0.1, 0.15) is 25.3 Å². The Hall–Kier alpha value is -3.17. The Labute approximate surface area is 199 Å². The molecule has 1 fully saturated rings. The lowest BCUT2D eigenvalue weighted by Crippen LogP contribution is -2.49. The van der Waals surface area contributed by atoms with Crippen LogP contribution >= 0.6 is 0 Å². The molecule has 1 atom stereocenters. The molecule has 0 aliphatic carbocycles. The Morgan fingerprint density at radius 3 is 2.44 bits per heavy atom. The maximum Gasteiger partial charge on any atom is 0.243 e. The van der Waals surface area contributed by atoms with E-state index in [-0.39, 0.29) is 17.7 Å². The van der Waals surface area contributed by atoms with E-state index < -0.39 is 16.1 Å². The number of nitrogens with one attached hydrogen (secondary N) is 3. The number of fused-ring (bicyclic) bond motifs is 1. The van der Waals surface area contributed by atoms with Gasteiger partial charge in [0.2, 0.25) is 21.8 Å². The number of H-pyrrole nitrogens is 1. The molecule has 8 nitrogen and oxygen atoms in total. The van der Waals surface area contributed by atoms with Crippen LogP contribution in [-0.4, -0.2) is 55.2 Å². The van der Waals surface area contributed by atoms with Gasteiger partial charge in [-0.25, -0.2) is 8.42 Å². The van der Waals surface area contributed by atoms with Crippen molar-refractivity contribution in [2.45, 2.75) is 37.1 Å². The molecule has 1 unspecified atom stereocenters. The molecular weight excluding hydrogens is 452 g/mol. The Balaban J connectivity index is 1.33. The minimum absolute atomic E-state index is 0.178. The monoisotopic (exact) mass is 482 g/mol. The molecule has 0 bridgehead atoms. The van der Waals surface area contributed by atoms with Crippen molar-refractivity contribution in [2.24, 2.45) is 5.92 Å². The molecule has 2 heterocycles. The van der Waals surface area contributed by atoms with E-state index in [0.29, 0.717) is 43.8 Å². The number of rotatable bonds is 8. The molecule has 3 N–H and O–H groups in total. The fourth-order valence-electron chi connectivity index (χ4n) is 4.44. The number of nitrogens with zero attached hydrogens (tertiary/aromatic N) is 1. The molecule has 2 aromatic carbocycles. The third-order valence-electron chi connectivity index (χ3n) is 6.31. The van der Waals surface area contributed by atoms with Crippen LogP contribution in [-0.2, 0) is 26.0 Å². The zero-order valence-corrected chi connectivity index (χ0v) is 20.0. The first kappa shape index (κ1) is 24.0. The molecule has 9 heteroatoms. The van der Waals surface area contributed by atoms with Crippen molar-refractivity contribution in [3.8, 4) is 0 Å². The number of hydrogen-bond acceptors (Lipinski definition) is 4. The number of piperidine rings is 1. The van der Waals surface area contributed by atoms with E-state index in [0.717, 1.165) is 16.5 Å². The summed E-state index contributed by atoms with van der Waals surface area (Å²) < 4.78 is 27.1. The lowest BCUT2D eigenvalue weighted by molar-refractivity contribution is -0.128. The number of carbonyl (C=O) groups excluding carboxylic acids is 2. The van der Waals surface area contributed by atoms with Gasteiger partial charge in [-0.15, -0.1) is 0 Å². The van der Waals surface area contributed by atoms with Crippen LogP contribution in [0.25, 0.3) is 10.9 Å². The number of carbonyl (C=O) groups is 2. The molecule has 4 rings (SSSR count). The number of amides is 2. The first-order valence-electron chi connectivity index (χ1n) is 11.5. The van der Waals surface area contributed by atoms with Crippen molar-refractivity contribution in [1.29, 1.82) is 0 Å². The van der Waals surface area contributed by atoms with Crippen molar-refractivity contribution in [3.05, 3.63) is 66.4 Å². The van der Waals surface area contributed by atoms with Gasteiger partial charge in [0.25, 0.3) is 0 Å². The van der Waals surface area contributed by atoms with E-state index in [1.54, 1.807) is 30.3 Å². The second-order valence-corrected chi connectivity index (χ2v) is 10.7. The summed E-state index contributed by atoms with van der Waals surface area (Å²) in [6.45, 7) is 2.69. The number of para-hydroxylation sites is 1. The highest BCUT2D eigenvalue weighted by Crippen LogP contribution is 2.23. The van der Waals surface area contributed by atoms with Gasteiger partial charge in [0.1, 0.15) is 6.04 Å². The maximum absolute atomic E-state index is 12.9. The predicted octanol–water partition coefficient (Wildman–Crippen LogP) is 2.43.